The summed E-state index contributed by atoms with van der Waals surface area (Å²) in [5, 5.41) is 13.9. The fourth-order valence-corrected chi connectivity index (χ4v) is 2.36. The number of rotatable bonds is 5. The molecule has 0 radical (unpaired) electrons. The summed E-state index contributed by atoms with van der Waals surface area (Å²) in [5.41, 5.74) is 3.38. The second-order valence-corrected chi connectivity index (χ2v) is 5.46. The maximum absolute atomic E-state index is 11.8. The molecule has 0 saturated carbocycles. The zero-order valence-electron chi connectivity index (χ0n) is 11.4. The van der Waals surface area contributed by atoms with Crippen molar-refractivity contribution in [3.63, 3.8) is 0 Å². The van der Waals surface area contributed by atoms with Crippen LogP contribution in [0.2, 0.25) is 0 Å². The Balaban J connectivity index is 1.83. The van der Waals surface area contributed by atoms with Gasteiger partial charge in [0.25, 0.3) is 11.8 Å². The van der Waals surface area contributed by atoms with E-state index in [0.717, 1.165) is 10.6 Å². The number of amides is 2. The van der Waals surface area contributed by atoms with Gasteiger partial charge in [0.15, 0.2) is 0 Å². The van der Waals surface area contributed by atoms with Gasteiger partial charge in [0.1, 0.15) is 5.69 Å². The molecule has 1 aromatic heterocycles. The quantitative estimate of drug-likeness (QED) is 0.577. The first-order valence-corrected chi connectivity index (χ1v) is 7.22. The summed E-state index contributed by atoms with van der Waals surface area (Å²) in [6.45, 7) is 2.34. The van der Waals surface area contributed by atoms with E-state index in [-0.39, 0.29) is 5.91 Å². The average molecular weight is 305 g/mol. The number of carbonyl (C=O) groups is 2. The van der Waals surface area contributed by atoms with Crippen molar-refractivity contribution in [2.75, 3.05) is 6.54 Å². The molecule has 1 aromatic carbocycles. The first-order valence-electron chi connectivity index (χ1n) is 6.34. The third kappa shape index (κ3) is 4.11. The molecule has 21 heavy (non-hydrogen) atoms. The highest BCUT2D eigenvalue weighted by Crippen LogP contribution is 2.08. The van der Waals surface area contributed by atoms with Gasteiger partial charge in [-0.15, -0.1) is 11.3 Å². The van der Waals surface area contributed by atoms with Crippen LogP contribution in [0.15, 0.2) is 29.6 Å². The molecule has 7 heteroatoms. The zero-order valence-corrected chi connectivity index (χ0v) is 12.2. The smallest absolute Gasteiger partial charge is 0.274 e. The van der Waals surface area contributed by atoms with Crippen molar-refractivity contribution in [3.8, 4) is 0 Å². The van der Waals surface area contributed by atoms with E-state index in [0.29, 0.717) is 24.2 Å². The number of aromatic nitrogens is 1. The number of aryl methyl sites for hydroxylation is 1. The van der Waals surface area contributed by atoms with E-state index in [1.807, 2.05) is 6.92 Å². The number of nitrogens with zero attached hydrogens (tertiary/aromatic N) is 1. The van der Waals surface area contributed by atoms with E-state index in [2.05, 4.69) is 10.3 Å². The van der Waals surface area contributed by atoms with Crippen molar-refractivity contribution in [2.45, 2.75) is 13.3 Å². The van der Waals surface area contributed by atoms with E-state index >= 15 is 0 Å². The predicted octanol–water partition coefficient (Wildman–Crippen LogP) is 1.54. The maximum atomic E-state index is 11.8. The summed E-state index contributed by atoms with van der Waals surface area (Å²) >= 11 is 1.44. The molecule has 0 aliphatic carbocycles. The van der Waals surface area contributed by atoms with Crippen LogP contribution in [0.5, 0.6) is 0 Å². The number of hydrogen-bond donors (Lipinski definition) is 3. The monoisotopic (exact) mass is 305 g/mol. The number of nitrogens with one attached hydrogen (secondary N) is 2. The summed E-state index contributed by atoms with van der Waals surface area (Å²) in [7, 11) is 0. The van der Waals surface area contributed by atoms with Crippen molar-refractivity contribution in [1.29, 1.82) is 0 Å². The lowest BCUT2D eigenvalue weighted by Crippen LogP contribution is -2.26. The van der Waals surface area contributed by atoms with Crippen molar-refractivity contribution < 1.29 is 14.8 Å². The molecule has 6 nitrogen and oxygen atoms in total. The average Bonchev–Trinajstić information content (AvgIpc) is 2.94. The van der Waals surface area contributed by atoms with E-state index in [9.17, 15) is 9.59 Å². The molecule has 0 fully saturated rings. The predicted molar refractivity (Wildman–Crippen MR) is 78.6 cm³/mol. The topological polar surface area (TPSA) is 91.3 Å². The van der Waals surface area contributed by atoms with Gasteiger partial charge in [0, 0.05) is 17.5 Å². The molecule has 0 unspecified atom stereocenters. The Morgan fingerprint density at radius 3 is 2.52 bits per heavy atom. The molecule has 0 atom stereocenters. The van der Waals surface area contributed by atoms with Crippen LogP contribution in [-0.2, 0) is 6.42 Å². The lowest BCUT2D eigenvalue weighted by atomic mass is 10.1. The van der Waals surface area contributed by atoms with E-state index < -0.39 is 5.91 Å². The Bertz CT molecular complexity index is 637. The Hall–Kier alpha value is -2.25. The number of carbonyl (C=O) groups excluding carboxylic acids is 2. The molecule has 110 valence electrons. The standard InChI is InChI=1S/C14H15N3O3S/c1-9-16-12(8-21-9)14(19)15-7-6-10-2-4-11(5-3-10)13(18)17-20/h2-5,8,20H,6-7H2,1H3,(H,15,19)(H,17,18). The van der Waals surface area contributed by atoms with E-state index in [1.165, 1.54) is 11.3 Å². The van der Waals surface area contributed by atoms with Crippen molar-refractivity contribution in [1.82, 2.24) is 15.8 Å². The fraction of sp³-hybridized carbons (Fsp3) is 0.214. The van der Waals surface area contributed by atoms with Gasteiger partial charge < -0.3 is 5.32 Å². The van der Waals surface area contributed by atoms with Gasteiger partial charge in [-0.2, -0.15) is 0 Å². The molecule has 0 spiro atoms. The Labute approximate surface area is 125 Å². The maximum Gasteiger partial charge on any atom is 0.274 e. The van der Waals surface area contributed by atoms with Crippen LogP contribution in [0.3, 0.4) is 0 Å². The third-order valence-electron chi connectivity index (χ3n) is 2.87. The van der Waals surface area contributed by atoms with Gasteiger partial charge in [0.05, 0.1) is 5.01 Å². The summed E-state index contributed by atoms with van der Waals surface area (Å²) in [4.78, 5) is 27.1. The number of hydrogen-bond acceptors (Lipinski definition) is 5. The molecule has 1 heterocycles. The van der Waals surface area contributed by atoms with Crippen LogP contribution >= 0.6 is 11.3 Å². The number of benzene rings is 1. The lowest BCUT2D eigenvalue weighted by Gasteiger charge is -2.05. The molecule has 2 rings (SSSR count). The fourth-order valence-electron chi connectivity index (χ4n) is 1.77. The summed E-state index contributed by atoms with van der Waals surface area (Å²) < 4.78 is 0. The second kappa shape index (κ2) is 6.96. The van der Waals surface area contributed by atoms with Gasteiger partial charge in [-0.1, -0.05) is 12.1 Å². The molecule has 3 N–H and O–H groups in total. The van der Waals surface area contributed by atoms with Crippen molar-refractivity contribution in [2.24, 2.45) is 0 Å². The molecule has 0 saturated heterocycles. The molecule has 0 aliphatic rings. The lowest BCUT2D eigenvalue weighted by molar-refractivity contribution is 0.0706. The number of thiazole rings is 1. The normalized spacial score (nSPS) is 10.2. The van der Waals surface area contributed by atoms with Crippen LogP contribution in [0.4, 0.5) is 0 Å². The Morgan fingerprint density at radius 2 is 1.95 bits per heavy atom. The largest absolute Gasteiger partial charge is 0.350 e. The summed E-state index contributed by atoms with van der Waals surface area (Å²) in [6, 6.07) is 6.80. The van der Waals surface area contributed by atoms with Gasteiger partial charge in [0.2, 0.25) is 0 Å². The van der Waals surface area contributed by atoms with Gasteiger partial charge >= 0.3 is 0 Å². The van der Waals surface area contributed by atoms with Crippen LogP contribution in [-0.4, -0.2) is 28.6 Å². The molecular formula is C14H15N3O3S. The highest BCUT2D eigenvalue weighted by Gasteiger charge is 2.08. The molecule has 0 aliphatic heterocycles. The Morgan fingerprint density at radius 1 is 1.24 bits per heavy atom. The van der Waals surface area contributed by atoms with E-state index in [4.69, 9.17) is 5.21 Å². The molecule has 0 bridgehead atoms. The van der Waals surface area contributed by atoms with Crippen LogP contribution < -0.4 is 10.8 Å². The highest BCUT2D eigenvalue weighted by molar-refractivity contribution is 7.09. The Kier molecular flexibility index (Phi) is 5.02. The third-order valence-corrected chi connectivity index (χ3v) is 3.64. The minimum absolute atomic E-state index is 0.185. The SMILES string of the molecule is Cc1nc(C(=O)NCCc2ccc(C(=O)NO)cc2)cs1. The minimum atomic E-state index is -0.547. The summed E-state index contributed by atoms with van der Waals surface area (Å²) in [5.74, 6) is -0.732. The second-order valence-electron chi connectivity index (χ2n) is 4.40. The first-order chi connectivity index (χ1) is 10.1. The molecule has 2 aromatic rings. The van der Waals surface area contributed by atoms with Crippen molar-refractivity contribution in [3.05, 3.63) is 51.5 Å². The summed E-state index contributed by atoms with van der Waals surface area (Å²) in [6.07, 6.45) is 0.649. The van der Waals surface area contributed by atoms with Gasteiger partial charge in [-0.05, 0) is 31.0 Å². The first kappa shape index (κ1) is 15.1. The molecular weight excluding hydrogens is 290 g/mol. The van der Waals surface area contributed by atoms with Gasteiger partial charge in [-0.25, -0.2) is 10.5 Å². The van der Waals surface area contributed by atoms with E-state index in [1.54, 1.807) is 35.1 Å². The van der Waals surface area contributed by atoms with Crippen molar-refractivity contribution >= 4 is 23.2 Å². The van der Waals surface area contributed by atoms with Crippen LogP contribution in [0.25, 0.3) is 0 Å². The highest BCUT2D eigenvalue weighted by atomic mass is 32.1. The number of hydroxylamine groups is 1. The zero-order chi connectivity index (χ0) is 15.2. The van der Waals surface area contributed by atoms with Crippen LogP contribution in [0.1, 0.15) is 31.4 Å². The molecule has 2 amide bonds. The minimum Gasteiger partial charge on any atom is -0.350 e. The van der Waals surface area contributed by atoms with Gasteiger partial charge in [-0.3, -0.25) is 14.8 Å². The van der Waals surface area contributed by atoms with Crippen LogP contribution in [0, 0.1) is 6.92 Å².